The molecule has 0 rings (SSSR count). The van der Waals surface area contributed by atoms with Crippen molar-refractivity contribution in [2.75, 3.05) is 7.05 Å². The Bertz CT molecular complexity index is 95.4. The van der Waals surface area contributed by atoms with Gasteiger partial charge in [-0.2, -0.15) is 0 Å². The van der Waals surface area contributed by atoms with Crippen LogP contribution in [0.3, 0.4) is 0 Å². The topological polar surface area (TPSA) is 12.0 Å². The second-order valence-electron chi connectivity index (χ2n) is 4.14. The van der Waals surface area contributed by atoms with E-state index in [0.29, 0.717) is 11.5 Å². The summed E-state index contributed by atoms with van der Waals surface area (Å²) in [5, 5.41) is 3.32. The van der Waals surface area contributed by atoms with Crippen molar-refractivity contribution in [2.24, 2.45) is 11.3 Å². The Morgan fingerprint density at radius 1 is 1.27 bits per heavy atom. The van der Waals surface area contributed by atoms with Gasteiger partial charge < -0.3 is 5.32 Å². The quantitative estimate of drug-likeness (QED) is 0.661. The summed E-state index contributed by atoms with van der Waals surface area (Å²) in [5.74, 6) is 0.782. The first-order valence-corrected chi connectivity index (χ1v) is 4.64. The van der Waals surface area contributed by atoms with Gasteiger partial charge in [-0.1, -0.05) is 34.1 Å². The minimum atomic E-state index is 0.406. The van der Waals surface area contributed by atoms with Crippen LogP contribution in [0.2, 0.25) is 0 Å². The van der Waals surface area contributed by atoms with Gasteiger partial charge in [0.05, 0.1) is 0 Å². The van der Waals surface area contributed by atoms with Gasteiger partial charge in [0.1, 0.15) is 0 Å². The van der Waals surface area contributed by atoms with Crippen LogP contribution in [0, 0.1) is 11.3 Å². The minimum absolute atomic E-state index is 0.406. The third-order valence-corrected chi connectivity index (χ3v) is 3.43. The molecule has 0 bridgehead atoms. The highest BCUT2D eigenvalue weighted by atomic mass is 14.9. The first kappa shape index (κ1) is 11.0. The van der Waals surface area contributed by atoms with Crippen LogP contribution in [0.15, 0.2) is 0 Å². The van der Waals surface area contributed by atoms with Crippen LogP contribution in [0.25, 0.3) is 0 Å². The number of hydrogen-bond acceptors (Lipinski definition) is 1. The van der Waals surface area contributed by atoms with Gasteiger partial charge in [0, 0.05) is 6.04 Å². The molecule has 0 amide bonds. The molecule has 1 N–H and O–H groups in total. The molecule has 0 aliphatic heterocycles. The molecule has 1 heteroatoms. The van der Waals surface area contributed by atoms with Crippen LogP contribution < -0.4 is 5.32 Å². The van der Waals surface area contributed by atoms with Crippen molar-refractivity contribution in [1.29, 1.82) is 0 Å². The Kier molecular flexibility index (Phi) is 4.09. The zero-order valence-corrected chi connectivity index (χ0v) is 8.86. The first-order valence-electron chi connectivity index (χ1n) is 4.64. The molecular weight excluding hydrogens is 134 g/mol. The summed E-state index contributed by atoms with van der Waals surface area (Å²) >= 11 is 0. The molecule has 0 saturated carbocycles. The largest absolute Gasteiger partial charge is 0.317 e. The van der Waals surface area contributed by atoms with Gasteiger partial charge >= 0.3 is 0 Å². The maximum Gasteiger partial charge on any atom is 0.00894 e. The van der Waals surface area contributed by atoms with E-state index >= 15 is 0 Å². The van der Waals surface area contributed by atoms with Gasteiger partial charge in [-0.05, 0) is 25.3 Å². The van der Waals surface area contributed by atoms with Crippen molar-refractivity contribution in [1.82, 2.24) is 5.32 Å². The molecule has 0 fully saturated rings. The van der Waals surface area contributed by atoms with Crippen LogP contribution in [0.1, 0.15) is 41.0 Å². The summed E-state index contributed by atoms with van der Waals surface area (Å²) in [6.07, 6.45) is 1.26. The fourth-order valence-electron chi connectivity index (χ4n) is 1.32. The highest BCUT2D eigenvalue weighted by Gasteiger charge is 2.29. The van der Waals surface area contributed by atoms with E-state index in [1.165, 1.54) is 6.42 Å². The molecule has 0 aliphatic rings. The smallest absolute Gasteiger partial charge is 0.00894 e. The van der Waals surface area contributed by atoms with E-state index in [-0.39, 0.29) is 0 Å². The van der Waals surface area contributed by atoms with Crippen molar-refractivity contribution in [3.8, 4) is 0 Å². The van der Waals surface area contributed by atoms with E-state index < -0.39 is 0 Å². The van der Waals surface area contributed by atoms with E-state index in [0.717, 1.165) is 5.92 Å². The van der Waals surface area contributed by atoms with Gasteiger partial charge in [0.2, 0.25) is 0 Å². The molecule has 0 saturated heterocycles. The Morgan fingerprint density at radius 3 is 2.00 bits per heavy atom. The highest BCUT2D eigenvalue weighted by molar-refractivity contribution is 4.83. The van der Waals surface area contributed by atoms with E-state index in [1.807, 2.05) is 7.05 Å². The highest BCUT2D eigenvalue weighted by Crippen LogP contribution is 2.32. The lowest BCUT2D eigenvalue weighted by atomic mass is 9.73. The molecule has 0 aliphatic carbocycles. The first-order chi connectivity index (χ1) is 4.96. The van der Waals surface area contributed by atoms with Crippen molar-refractivity contribution >= 4 is 0 Å². The predicted molar refractivity (Wildman–Crippen MR) is 51.8 cm³/mol. The molecule has 11 heavy (non-hydrogen) atoms. The summed E-state index contributed by atoms with van der Waals surface area (Å²) in [7, 11) is 2.04. The third kappa shape index (κ3) is 2.48. The average Bonchev–Trinajstić information content (AvgIpc) is 2.01. The average molecular weight is 157 g/mol. The standard InChI is InChI=1S/C10H23N/c1-7-8(2)10(4,5)9(3)11-6/h8-9,11H,7H2,1-6H3. The second-order valence-corrected chi connectivity index (χ2v) is 4.14. The Balaban J connectivity index is 4.18. The SMILES string of the molecule is CCC(C)C(C)(C)C(C)NC. The van der Waals surface area contributed by atoms with Crippen molar-refractivity contribution in [3.63, 3.8) is 0 Å². The predicted octanol–water partition coefficient (Wildman–Crippen LogP) is 2.67. The maximum atomic E-state index is 3.32. The minimum Gasteiger partial charge on any atom is -0.317 e. The molecule has 0 radical (unpaired) electrons. The van der Waals surface area contributed by atoms with Crippen LogP contribution in [-0.4, -0.2) is 13.1 Å². The lowest BCUT2D eigenvalue weighted by Gasteiger charge is -2.37. The number of hydrogen-bond donors (Lipinski definition) is 1. The van der Waals surface area contributed by atoms with Crippen molar-refractivity contribution in [2.45, 2.75) is 47.1 Å². The van der Waals surface area contributed by atoms with E-state index in [9.17, 15) is 0 Å². The number of rotatable bonds is 4. The second kappa shape index (κ2) is 4.10. The third-order valence-electron chi connectivity index (χ3n) is 3.43. The molecule has 1 nitrogen and oxygen atoms in total. The Morgan fingerprint density at radius 2 is 1.73 bits per heavy atom. The Hall–Kier alpha value is -0.0400. The zero-order valence-electron chi connectivity index (χ0n) is 8.86. The maximum absolute atomic E-state index is 3.32. The fourth-order valence-corrected chi connectivity index (χ4v) is 1.32. The van der Waals surface area contributed by atoms with Crippen LogP contribution in [-0.2, 0) is 0 Å². The van der Waals surface area contributed by atoms with E-state index in [1.54, 1.807) is 0 Å². The van der Waals surface area contributed by atoms with Crippen molar-refractivity contribution < 1.29 is 0 Å². The Labute approximate surface area is 71.6 Å². The van der Waals surface area contributed by atoms with Crippen molar-refractivity contribution in [3.05, 3.63) is 0 Å². The van der Waals surface area contributed by atoms with Crippen LogP contribution in [0.4, 0.5) is 0 Å². The summed E-state index contributed by atoms with van der Waals surface area (Å²) in [5.41, 5.74) is 0.406. The molecule has 2 atom stereocenters. The number of nitrogens with one attached hydrogen (secondary N) is 1. The molecule has 0 aromatic carbocycles. The van der Waals surface area contributed by atoms with Gasteiger partial charge in [0.25, 0.3) is 0 Å². The van der Waals surface area contributed by atoms with Crippen LogP contribution >= 0.6 is 0 Å². The molecule has 0 spiro atoms. The molecule has 68 valence electrons. The summed E-state index contributed by atoms with van der Waals surface area (Å²) in [4.78, 5) is 0. The summed E-state index contributed by atoms with van der Waals surface area (Å²) in [6, 6.07) is 0.595. The lowest BCUT2D eigenvalue weighted by molar-refractivity contribution is 0.165. The van der Waals surface area contributed by atoms with Gasteiger partial charge in [-0.3, -0.25) is 0 Å². The van der Waals surface area contributed by atoms with Gasteiger partial charge in [-0.25, -0.2) is 0 Å². The molecule has 0 aromatic rings. The summed E-state index contributed by atoms with van der Waals surface area (Å²) in [6.45, 7) is 11.5. The van der Waals surface area contributed by atoms with E-state index in [4.69, 9.17) is 0 Å². The molecule has 2 unspecified atom stereocenters. The summed E-state index contributed by atoms with van der Waals surface area (Å²) < 4.78 is 0. The fraction of sp³-hybridized carbons (Fsp3) is 1.00. The van der Waals surface area contributed by atoms with Gasteiger partial charge in [-0.15, -0.1) is 0 Å². The normalized spacial score (nSPS) is 18.0. The molecular formula is C10H23N. The lowest BCUT2D eigenvalue weighted by Crippen LogP contribution is -2.41. The van der Waals surface area contributed by atoms with E-state index in [2.05, 4.69) is 39.9 Å². The molecule has 0 heterocycles. The zero-order chi connectivity index (χ0) is 9.07. The monoisotopic (exact) mass is 157 g/mol. The van der Waals surface area contributed by atoms with Crippen LogP contribution in [0.5, 0.6) is 0 Å². The molecule has 0 aromatic heterocycles. The van der Waals surface area contributed by atoms with Gasteiger partial charge in [0.15, 0.2) is 0 Å².